The zero-order chi connectivity index (χ0) is 9.80. The average molecular weight is 240 g/mol. The fourth-order valence-corrected chi connectivity index (χ4v) is 4.43. The lowest BCUT2D eigenvalue weighted by Gasteiger charge is -2.11. The van der Waals surface area contributed by atoms with Crippen LogP contribution in [0, 0.1) is 0 Å². The minimum Gasteiger partial charge on any atom is -0.147 e. The Kier molecular flexibility index (Phi) is 3.67. The van der Waals surface area contributed by atoms with Gasteiger partial charge in [-0.3, -0.25) is 0 Å². The van der Waals surface area contributed by atoms with Gasteiger partial charge in [0.15, 0.2) is 0 Å². The number of hydrogen-bond acceptors (Lipinski definition) is 3. The minimum atomic E-state index is 0.556. The molecule has 0 spiro atoms. The zero-order valence-corrected chi connectivity index (χ0v) is 10.4. The van der Waals surface area contributed by atoms with E-state index in [1.165, 1.54) is 15.5 Å². The van der Waals surface area contributed by atoms with Gasteiger partial charge in [0.1, 0.15) is 0 Å². The Morgan fingerprint density at radius 2 is 1.71 bits per heavy atom. The predicted molar refractivity (Wildman–Crippen MR) is 68.6 cm³/mol. The Morgan fingerprint density at radius 3 is 2.07 bits per heavy atom. The van der Waals surface area contributed by atoms with Gasteiger partial charge >= 0.3 is 0 Å². The van der Waals surface area contributed by atoms with Gasteiger partial charge in [0.25, 0.3) is 0 Å². The number of rotatable bonds is 4. The van der Waals surface area contributed by atoms with E-state index >= 15 is 0 Å². The molecular formula is C11H12S3. The molecule has 0 bridgehead atoms. The van der Waals surface area contributed by atoms with E-state index in [1.807, 2.05) is 34.4 Å². The van der Waals surface area contributed by atoms with Crippen LogP contribution in [0.2, 0.25) is 0 Å². The smallest absolute Gasteiger partial charge is 0.0733 e. The maximum atomic E-state index is 2.23. The topological polar surface area (TPSA) is 0 Å². The first-order valence-corrected chi connectivity index (χ1v) is 7.41. The van der Waals surface area contributed by atoms with Crippen LogP contribution in [0.25, 0.3) is 0 Å². The van der Waals surface area contributed by atoms with Gasteiger partial charge in [-0.2, -0.15) is 0 Å². The Hall–Kier alpha value is -0.250. The van der Waals surface area contributed by atoms with E-state index in [0.29, 0.717) is 5.25 Å². The van der Waals surface area contributed by atoms with E-state index in [4.69, 9.17) is 0 Å². The average Bonchev–Trinajstić information content (AvgIpc) is 2.87. The van der Waals surface area contributed by atoms with Crippen molar-refractivity contribution in [2.45, 2.75) is 12.2 Å². The van der Waals surface area contributed by atoms with Crippen LogP contribution in [-0.4, -0.2) is 5.75 Å². The summed E-state index contributed by atoms with van der Waals surface area (Å²) in [7, 11) is 0. The summed E-state index contributed by atoms with van der Waals surface area (Å²) in [5.74, 6) is 1.17. The van der Waals surface area contributed by atoms with Crippen LogP contribution in [0.5, 0.6) is 0 Å². The maximum Gasteiger partial charge on any atom is 0.0733 e. The van der Waals surface area contributed by atoms with Gasteiger partial charge in [-0.15, -0.1) is 34.4 Å². The molecule has 3 heteroatoms. The van der Waals surface area contributed by atoms with Crippen molar-refractivity contribution in [3.8, 4) is 0 Å². The fourth-order valence-electron chi connectivity index (χ4n) is 1.35. The lowest BCUT2D eigenvalue weighted by Crippen LogP contribution is -1.90. The summed E-state index contributed by atoms with van der Waals surface area (Å²) in [6.45, 7) is 2.22. The molecule has 0 fully saturated rings. The van der Waals surface area contributed by atoms with Crippen LogP contribution in [0.3, 0.4) is 0 Å². The molecule has 0 atom stereocenters. The van der Waals surface area contributed by atoms with Gasteiger partial charge in [0, 0.05) is 9.75 Å². The van der Waals surface area contributed by atoms with Crippen molar-refractivity contribution in [2.75, 3.05) is 5.75 Å². The van der Waals surface area contributed by atoms with E-state index in [1.54, 1.807) is 0 Å². The summed E-state index contributed by atoms with van der Waals surface area (Å²) < 4.78 is 0. The lowest BCUT2D eigenvalue weighted by molar-refractivity contribution is 1.25. The molecule has 0 aliphatic rings. The van der Waals surface area contributed by atoms with Gasteiger partial charge < -0.3 is 0 Å². The van der Waals surface area contributed by atoms with Crippen LogP contribution in [0.15, 0.2) is 35.0 Å². The first kappa shape index (κ1) is 10.3. The summed E-state index contributed by atoms with van der Waals surface area (Å²) >= 11 is 5.72. The highest BCUT2D eigenvalue weighted by Gasteiger charge is 2.15. The standard InChI is InChI=1S/C11H12S3/c1-2-12-11(9-5-3-7-13-9)10-6-4-8-14-10/h3-8,11H,2H2,1H3. The first-order chi connectivity index (χ1) is 6.92. The molecule has 74 valence electrons. The molecule has 0 aromatic carbocycles. The van der Waals surface area contributed by atoms with Crippen molar-refractivity contribution in [2.24, 2.45) is 0 Å². The van der Waals surface area contributed by atoms with Crippen LogP contribution in [0.1, 0.15) is 21.9 Å². The molecule has 0 aliphatic carbocycles. The van der Waals surface area contributed by atoms with Crippen molar-refractivity contribution >= 4 is 34.4 Å². The second-order valence-electron chi connectivity index (χ2n) is 2.87. The summed E-state index contributed by atoms with van der Waals surface area (Å²) in [5, 5.41) is 4.87. The van der Waals surface area contributed by atoms with Crippen molar-refractivity contribution in [3.63, 3.8) is 0 Å². The highest BCUT2D eigenvalue weighted by Crippen LogP contribution is 2.39. The van der Waals surface area contributed by atoms with Gasteiger partial charge in [-0.05, 0) is 28.6 Å². The third kappa shape index (κ3) is 2.22. The summed E-state index contributed by atoms with van der Waals surface area (Å²) in [4.78, 5) is 2.94. The van der Waals surface area contributed by atoms with Gasteiger partial charge in [0.2, 0.25) is 0 Å². The molecule has 0 nitrogen and oxygen atoms in total. The van der Waals surface area contributed by atoms with E-state index in [2.05, 4.69) is 41.9 Å². The monoisotopic (exact) mass is 240 g/mol. The van der Waals surface area contributed by atoms with E-state index < -0.39 is 0 Å². The lowest BCUT2D eigenvalue weighted by atomic mass is 10.3. The van der Waals surface area contributed by atoms with Gasteiger partial charge in [-0.1, -0.05) is 19.1 Å². The third-order valence-electron chi connectivity index (χ3n) is 1.94. The third-order valence-corrected chi connectivity index (χ3v) is 5.28. The first-order valence-electron chi connectivity index (χ1n) is 4.60. The van der Waals surface area contributed by atoms with Crippen LogP contribution >= 0.6 is 34.4 Å². The largest absolute Gasteiger partial charge is 0.147 e. The molecular weight excluding hydrogens is 228 g/mol. The second kappa shape index (κ2) is 5.01. The molecule has 14 heavy (non-hydrogen) atoms. The minimum absolute atomic E-state index is 0.556. The molecule has 2 aromatic heterocycles. The number of thioether (sulfide) groups is 1. The van der Waals surface area contributed by atoms with E-state index in [-0.39, 0.29) is 0 Å². The van der Waals surface area contributed by atoms with Gasteiger partial charge in [-0.25, -0.2) is 0 Å². The molecule has 0 saturated heterocycles. The number of hydrogen-bond donors (Lipinski definition) is 0. The molecule has 0 amide bonds. The Bertz CT molecular complexity index is 314. The maximum absolute atomic E-state index is 2.23. The fraction of sp³-hybridized carbons (Fsp3) is 0.273. The molecule has 0 saturated carbocycles. The molecule has 2 rings (SSSR count). The van der Waals surface area contributed by atoms with Crippen molar-refractivity contribution in [3.05, 3.63) is 44.8 Å². The molecule has 0 unspecified atom stereocenters. The van der Waals surface area contributed by atoms with E-state index in [9.17, 15) is 0 Å². The van der Waals surface area contributed by atoms with Gasteiger partial charge in [0.05, 0.1) is 5.25 Å². The zero-order valence-electron chi connectivity index (χ0n) is 7.97. The van der Waals surface area contributed by atoms with Crippen LogP contribution < -0.4 is 0 Å². The molecule has 2 aromatic rings. The Labute approximate surface area is 97.0 Å². The molecule has 0 aliphatic heterocycles. The van der Waals surface area contributed by atoms with E-state index in [0.717, 1.165) is 0 Å². The highest BCUT2D eigenvalue weighted by molar-refractivity contribution is 7.99. The summed E-state index contributed by atoms with van der Waals surface area (Å²) in [6, 6.07) is 8.74. The summed E-state index contributed by atoms with van der Waals surface area (Å²) in [5.41, 5.74) is 0. The molecule has 0 N–H and O–H groups in total. The van der Waals surface area contributed by atoms with Crippen molar-refractivity contribution in [1.82, 2.24) is 0 Å². The van der Waals surface area contributed by atoms with Crippen molar-refractivity contribution in [1.29, 1.82) is 0 Å². The van der Waals surface area contributed by atoms with Crippen LogP contribution in [-0.2, 0) is 0 Å². The van der Waals surface area contributed by atoms with Crippen LogP contribution in [0.4, 0.5) is 0 Å². The molecule has 2 heterocycles. The predicted octanol–water partition coefficient (Wildman–Crippen LogP) is 4.65. The SMILES string of the molecule is CCSC(c1cccs1)c1cccs1. The Balaban J connectivity index is 2.25. The summed E-state index contributed by atoms with van der Waals surface area (Å²) in [6.07, 6.45) is 0. The number of thiophene rings is 2. The quantitative estimate of drug-likeness (QED) is 0.749. The Morgan fingerprint density at radius 1 is 1.14 bits per heavy atom. The van der Waals surface area contributed by atoms with Crippen molar-refractivity contribution < 1.29 is 0 Å². The highest BCUT2D eigenvalue weighted by atomic mass is 32.2. The molecule has 0 radical (unpaired) electrons. The normalized spacial score (nSPS) is 11.0. The second-order valence-corrected chi connectivity index (χ2v) is 6.21.